The molecule has 0 unspecified atom stereocenters. The third-order valence-electron chi connectivity index (χ3n) is 4.90. The molecule has 7 heteroatoms. The van der Waals surface area contributed by atoms with E-state index in [9.17, 15) is 4.79 Å². The first-order valence-corrected chi connectivity index (χ1v) is 11.0. The van der Waals surface area contributed by atoms with Crippen molar-refractivity contribution in [1.82, 2.24) is 15.1 Å². The first-order valence-electron chi connectivity index (χ1n) is 9.17. The molecular weight excluding hydrogens is 364 g/mol. The summed E-state index contributed by atoms with van der Waals surface area (Å²) in [4.78, 5) is 14.6. The second kappa shape index (κ2) is 8.86. The van der Waals surface area contributed by atoms with Gasteiger partial charge < -0.3 is 10.2 Å². The van der Waals surface area contributed by atoms with Crippen LogP contribution in [0.3, 0.4) is 0 Å². The quantitative estimate of drug-likeness (QED) is 0.719. The fourth-order valence-electron chi connectivity index (χ4n) is 3.22. The predicted octanol–water partition coefficient (Wildman–Crippen LogP) is 4.78. The van der Waals surface area contributed by atoms with Gasteiger partial charge in [-0.2, -0.15) is 0 Å². The zero-order valence-corrected chi connectivity index (χ0v) is 17.3. The Hall–Kier alpha value is -1.60. The highest BCUT2D eigenvalue weighted by Gasteiger charge is 2.25. The summed E-state index contributed by atoms with van der Waals surface area (Å²) < 4.78 is 0.828. The average Bonchev–Trinajstić information content (AvgIpc) is 3.10. The van der Waals surface area contributed by atoms with Crippen molar-refractivity contribution in [2.24, 2.45) is 0 Å². The van der Waals surface area contributed by atoms with E-state index < -0.39 is 0 Å². The molecule has 1 N–H and O–H groups in total. The van der Waals surface area contributed by atoms with Crippen molar-refractivity contribution in [3.05, 3.63) is 29.3 Å². The van der Waals surface area contributed by atoms with Crippen molar-refractivity contribution in [2.45, 2.75) is 56.8 Å². The minimum absolute atomic E-state index is 0.223. The number of thioether (sulfide) groups is 1. The third-order valence-corrected chi connectivity index (χ3v) is 6.86. The highest BCUT2D eigenvalue weighted by Crippen LogP contribution is 2.29. The molecule has 1 aromatic carbocycles. The minimum atomic E-state index is 0.223. The lowest BCUT2D eigenvalue weighted by molar-refractivity contribution is -0.132. The van der Waals surface area contributed by atoms with Crippen LogP contribution in [0.15, 0.2) is 22.5 Å². The highest BCUT2D eigenvalue weighted by molar-refractivity contribution is 8.01. The van der Waals surface area contributed by atoms with Crippen molar-refractivity contribution in [3.63, 3.8) is 0 Å². The molecule has 1 atom stereocenters. The maximum absolute atomic E-state index is 12.6. The fourth-order valence-corrected chi connectivity index (χ4v) is 4.88. The van der Waals surface area contributed by atoms with Crippen LogP contribution in [0.4, 0.5) is 10.8 Å². The predicted molar refractivity (Wildman–Crippen MR) is 109 cm³/mol. The number of carbonyl (C=O) groups excluding carboxylic acids is 1. The largest absolute Gasteiger partial charge is 0.339 e. The molecule has 0 bridgehead atoms. The molecule has 1 amide bonds. The molecule has 5 nitrogen and oxygen atoms in total. The van der Waals surface area contributed by atoms with E-state index in [1.165, 1.54) is 40.6 Å². The Morgan fingerprint density at radius 1 is 1.31 bits per heavy atom. The Morgan fingerprint density at radius 2 is 2.15 bits per heavy atom. The summed E-state index contributed by atoms with van der Waals surface area (Å²) in [5, 5.41) is 12.5. The lowest BCUT2D eigenvalue weighted by Gasteiger charge is -2.35. The molecule has 0 radical (unpaired) electrons. The number of nitrogens with one attached hydrogen (secondary N) is 1. The lowest BCUT2D eigenvalue weighted by Crippen LogP contribution is -2.44. The summed E-state index contributed by atoms with van der Waals surface area (Å²) in [6.45, 7) is 7.26. The number of amides is 1. The summed E-state index contributed by atoms with van der Waals surface area (Å²) in [5.74, 6) is 0.662. The van der Waals surface area contributed by atoms with Gasteiger partial charge in [0.25, 0.3) is 0 Å². The van der Waals surface area contributed by atoms with Gasteiger partial charge in [0, 0.05) is 18.3 Å². The summed E-state index contributed by atoms with van der Waals surface area (Å²) in [5.41, 5.74) is 3.52. The molecule has 1 aliphatic heterocycles. The highest BCUT2D eigenvalue weighted by atomic mass is 32.2. The second-order valence-corrected chi connectivity index (χ2v) is 8.93. The monoisotopic (exact) mass is 390 g/mol. The number of aromatic nitrogens is 2. The van der Waals surface area contributed by atoms with Gasteiger partial charge in [-0.3, -0.25) is 4.79 Å². The summed E-state index contributed by atoms with van der Waals surface area (Å²) in [6, 6.07) is 6.65. The van der Waals surface area contributed by atoms with Crippen LogP contribution >= 0.6 is 23.1 Å². The minimum Gasteiger partial charge on any atom is -0.339 e. The van der Waals surface area contributed by atoms with E-state index in [2.05, 4.69) is 53.3 Å². The van der Waals surface area contributed by atoms with E-state index in [0.29, 0.717) is 11.8 Å². The van der Waals surface area contributed by atoms with E-state index in [1.54, 1.807) is 0 Å². The summed E-state index contributed by atoms with van der Waals surface area (Å²) in [7, 11) is 0. The number of hydrogen-bond acceptors (Lipinski definition) is 6. The van der Waals surface area contributed by atoms with Gasteiger partial charge in [0.05, 0.1) is 5.75 Å². The zero-order valence-electron chi connectivity index (χ0n) is 15.6. The normalized spacial score (nSPS) is 17.3. The molecule has 1 aliphatic rings. The van der Waals surface area contributed by atoms with Gasteiger partial charge in [0.2, 0.25) is 11.0 Å². The molecule has 140 valence electrons. The van der Waals surface area contributed by atoms with Crippen molar-refractivity contribution in [3.8, 4) is 0 Å². The standard InChI is InChI=1S/C19H26N4OS2/c1-4-16-7-5-6-10-23(16)17(24)12-25-19-22-21-18(26-19)20-15-9-8-13(2)14(3)11-15/h8-9,11,16H,4-7,10,12H2,1-3H3,(H,20,21)/t16-/m1/s1. The van der Waals surface area contributed by atoms with Crippen LogP contribution in [0.1, 0.15) is 43.7 Å². The van der Waals surface area contributed by atoms with Crippen molar-refractivity contribution in [2.75, 3.05) is 17.6 Å². The number of aryl methyl sites for hydroxylation is 2. The number of hydrogen-bond donors (Lipinski definition) is 1. The molecule has 2 aromatic rings. The molecule has 0 saturated carbocycles. The molecule has 1 saturated heterocycles. The van der Waals surface area contributed by atoms with Crippen molar-refractivity contribution >= 4 is 39.8 Å². The number of carbonyl (C=O) groups is 1. The van der Waals surface area contributed by atoms with E-state index in [0.717, 1.165) is 41.0 Å². The summed E-state index contributed by atoms with van der Waals surface area (Å²) in [6.07, 6.45) is 4.53. The van der Waals surface area contributed by atoms with Crippen LogP contribution in [-0.4, -0.2) is 39.3 Å². The van der Waals surface area contributed by atoms with Crippen LogP contribution in [0, 0.1) is 13.8 Å². The van der Waals surface area contributed by atoms with E-state index in [1.807, 2.05) is 6.07 Å². The Labute approximate surface area is 163 Å². The molecule has 0 spiro atoms. The van der Waals surface area contributed by atoms with Gasteiger partial charge in [-0.1, -0.05) is 36.1 Å². The van der Waals surface area contributed by atoms with Gasteiger partial charge in [-0.25, -0.2) is 0 Å². The number of piperidine rings is 1. The Balaban J connectivity index is 1.54. The van der Waals surface area contributed by atoms with Crippen LogP contribution < -0.4 is 5.32 Å². The molecular formula is C19H26N4OS2. The molecule has 1 fully saturated rings. The van der Waals surface area contributed by atoms with Crippen molar-refractivity contribution in [1.29, 1.82) is 0 Å². The number of rotatable bonds is 6. The van der Waals surface area contributed by atoms with E-state index >= 15 is 0 Å². The molecule has 2 heterocycles. The topological polar surface area (TPSA) is 58.1 Å². The number of anilines is 2. The Morgan fingerprint density at radius 3 is 2.92 bits per heavy atom. The molecule has 26 heavy (non-hydrogen) atoms. The fraction of sp³-hybridized carbons (Fsp3) is 0.526. The van der Waals surface area contributed by atoms with Gasteiger partial charge in [0.1, 0.15) is 0 Å². The smallest absolute Gasteiger partial charge is 0.233 e. The maximum Gasteiger partial charge on any atom is 0.233 e. The molecule has 1 aromatic heterocycles. The summed E-state index contributed by atoms with van der Waals surface area (Å²) >= 11 is 2.98. The van der Waals surface area contributed by atoms with Crippen LogP contribution in [0.25, 0.3) is 0 Å². The Kier molecular flexibility index (Phi) is 6.53. The first-order chi connectivity index (χ1) is 12.6. The Bertz CT molecular complexity index is 762. The number of benzene rings is 1. The van der Waals surface area contributed by atoms with Gasteiger partial charge in [-0.05, 0) is 62.8 Å². The van der Waals surface area contributed by atoms with E-state index in [-0.39, 0.29) is 5.91 Å². The molecule has 3 rings (SSSR count). The SMILES string of the molecule is CC[C@@H]1CCCCN1C(=O)CSc1nnc(Nc2ccc(C)c(C)c2)s1. The molecule has 0 aliphatic carbocycles. The van der Waals surface area contributed by atoms with Crippen LogP contribution in [-0.2, 0) is 4.79 Å². The maximum atomic E-state index is 12.6. The van der Waals surface area contributed by atoms with E-state index in [4.69, 9.17) is 0 Å². The number of likely N-dealkylation sites (tertiary alicyclic amines) is 1. The average molecular weight is 391 g/mol. The zero-order chi connectivity index (χ0) is 18.5. The van der Waals surface area contributed by atoms with Crippen LogP contribution in [0.5, 0.6) is 0 Å². The number of nitrogens with zero attached hydrogens (tertiary/aromatic N) is 3. The van der Waals surface area contributed by atoms with Crippen molar-refractivity contribution < 1.29 is 4.79 Å². The second-order valence-electron chi connectivity index (χ2n) is 6.73. The first kappa shape index (κ1) is 19.2. The van der Waals surface area contributed by atoms with Gasteiger partial charge >= 0.3 is 0 Å². The lowest BCUT2D eigenvalue weighted by atomic mass is 10.0. The van der Waals surface area contributed by atoms with Gasteiger partial charge in [0.15, 0.2) is 4.34 Å². The van der Waals surface area contributed by atoms with Crippen LogP contribution in [0.2, 0.25) is 0 Å². The third kappa shape index (κ3) is 4.76. The van der Waals surface area contributed by atoms with Gasteiger partial charge in [-0.15, -0.1) is 10.2 Å².